The SMILES string of the molecule is N#Cc1sc(-c2ccoc2Br)c(-c2ccccc2)c1N. The molecule has 20 heavy (non-hydrogen) atoms. The Morgan fingerprint density at radius 1 is 1.20 bits per heavy atom. The van der Waals surface area contributed by atoms with Crippen LogP contribution in [0.3, 0.4) is 0 Å². The summed E-state index contributed by atoms with van der Waals surface area (Å²) in [5.74, 6) is 0. The number of anilines is 1. The van der Waals surface area contributed by atoms with Gasteiger partial charge in [0.1, 0.15) is 10.9 Å². The van der Waals surface area contributed by atoms with E-state index >= 15 is 0 Å². The molecule has 2 aromatic heterocycles. The Labute approximate surface area is 128 Å². The lowest BCUT2D eigenvalue weighted by molar-refractivity contribution is 0.542. The van der Waals surface area contributed by atoms with Gasteiger partial charge < -0.3 is 10.2 Å². The minimum absolute atomic E-state index is 0.520. The van der Waals surface area contributed by atoms with Crippen LogP contribution >= 0.6 is 27.3 Å². The van der Waals surface area contributed by atoms with Crippen LogP contribution in [-0.2, 0) is 0 Å². The second-order valence-corrected chi connectivity index (χ2v) is 5.88. The molecule has 0 aliphatic carbocycles. The van der Waals surface area contributed by atoms with Crippen LogP contribution in [0.15, 0.2) is 51.7 Å². The van der Waals surface area contributed by atoms with Gasteiger partial charge in [0.2, 0.25) is 0 Å². The van der Waals surface area contributed by atoms with Crippen LogP contribution in [0.4, 0.5) is 5.69 Å². The van der Waals surface area contributed by atoms with E-state index in [-0.39, 0.29) is 0 Å². The van der Waals surface area contributed by atoms with E-state index in [1.54, 1.807) is 6.26 Å². The fourth-order valence-electron chi connectivity index (χ4n) is 2.06. The van der Waals surface area contributed by atoms with Crippen molar-refractivity contribution in [3.63, 3.8) is 0 Å². The quantitative estimate of drug-likeness (QED) is 0.719. The van der Waals surface area contributed by atoms with E-state index in [0.29, 0.717) is 15.2 Å². The molecule has 98 valence electrons. The van der Waals surface area contributed by atoms with E-state index < -0.39 is 0 Å². The molecule has 2 heterocycles. The van der Waals surface area contributed by atoms with Crippen molar-refractivity contribution in [2.75, 3.05) is 5.73 Å². The predicted molar refractivity (Wildman–Crippen MR) is 84.3 cm³/mol. The number of nitrogens with two attached hydrogens (primary N) is 1. The van der Waals surface area contributed by atoms with Crippen molar-refractivity contribution >= 4 is 33.0 Å². The molecule has 2 N–H and O–H groups in total. The van der Waals surface area contributed by atoms with Crippen LogP contribution in [0.25, 0.3) is 21.6 Å². The summed E-state index contributed by atoms with van der Waals surface area (Å²) >= 11 is 4.76. The molecule has 3 nitrogen and oxygen atoms in total. The third-order valence-corrected chi connectivity index (χ3v) is 4.73. The zero-order valence-electron chi connectivity index (χ0n) is 10.3. The third-order valence-electron chi connectivity index (χ3n) is 2.97. The summed E-state index contributed by atoms with van der Waals surface area (Å²) in [6, 6.07) is 13.8. The molecule has 0 bridgehead atoms. The zero-order valence-corrected chi connectivity index (χ0v) is 12.7. The minimum atomic E-state index is 0.520. The van der Waals surface area contributed by atoms with Gasteiger partial charge in [-0.2, -0.15) is 5.26 Å². The first kappa shape index (κ1) is 13.0. The number of hydrogen-bond acceptors (Lipinski definition) is 4. The van der Waals surface area contributed by atoms with E-state index in [1.807, 2.05) is 36.4 Å². The molecule has 1 aromatic carbocycles. The van der Waals surface area contributed by atoms with Gasteiger partial charge in [0.25, 0.3) is 0 Å². The van der Waals surface area contributed by atoms with Crippen LogP contribution in [0, 0.1) is 11.3 Å². The Hall–Kier alpha value is -2.03. The second kappa shape index (κ2) is 5.16. The summed E-state index contributed by atoms with van der Waals surface area (Å²) < 4.78 is 5.93. The van der Waals surface area contributed by atoms with Crippen molar-refractivity contribution in [2.45, 2.75) is 0 Å². The molecule has 0 radical (unpaired) electrons. The highest BCUT2D eigenvalue weighted by Gasteiger charge is 2.21. The number of hydrogen-bond donors (Lipinski definition) is 1. The third kappa shape index (κ3) is 2.03. The molecule has 0 fully saturated rings. The second-order valence-electron chi connectivity index (χ2n) is 4.13. The number of rotatable bonds is 2. The van der Waals surface area contributed by atoms with Crippen LogP contribution in [0.2, 0.25) is 0 Å². The minimum Gasteiger partial charge on any atom is -0.457 e. The monoisotopic (exact) mass is 344 g/mol. The Bertz CT molecular complexity index is 799. The maximum Gasteiger partial charge on any atom is 0.177 e. The highest BCUT2D eigenvalue weighted by Crippen LogP contribution is 2.46. The van der Waals surface area contributed by atoms with Crippen LogP contribution in [-0.4, -0.2) is 0 Å². The summed E-state index contributed by atoms with van der Waals surface area (Å²) in [7, 11) is 0. The summed E-state index contributed by atoms with van der Waals surface area (Å²) in [5.41, 5.74) is 9.44. The van der Waals surface area contributed by atoms with Crippen molar-refractivity contribution in [1.29, 1.82) is 5.26 Å². The molecule has 5 heteroatoms. The number of nitrogen functional groups attached to an aromatic ring is 1. The van der Waals surface area contributed by atoms with Gasteiger partial charge in [0, 0.05) is 11.1 Å². The van der Waals surface area contributed by atoms with Gasteiger partial charge in [-0.05, 0) is 27.6 Å². The molecule has 0 unspecified atom stereocenters. The topological polar surface area (TPSA) is 63.0 Å². The van der Waals surface area contributed by atoms with Crippen molar-refractivity contribution in [1.82, 2.24) is 0 Å². The Balaban J connectivity index is 2.31. The van der Waals surface area contributed by atoms with E-state index in [2.05, 4.69) is 22.0 Å². The lowest BCUT2D eigenvalue weighted by atomic mass is 10.0. The molecule has 0 aliphatic heterocycles. The number of nitrogens with zero attached hydrogens (tertiary/aromatic N) is 1. The van der Waals surface area contributed by atoms with Crippen LogP contribution < -0.4 is 5.73 Å². The molecule has 0 atom stereocenters. The molecule has 0 saturated heterocycles. The molecule has 0 saturated carbocycles. The molecule has 0 amide bonds. The highest BCUT2D eigenvalue weighted by atomic mass is 79.9. The number of furan rings is 1. The maximum absolute atomic E-state index is 9.22. The first-order valence-corrected chi connectivity index (χ1v) is 7.44. The Kier molecular flexibility index (Phi) is 3.35. The van der Waals surface area contributed by atoms with Gasteiger partial charge in [0.05, 0.1) is 16.8 Å². The summed E-state index contributed by atoms with van der Waals surface area (Å²) in [5, 5.41) is 9.22. The smallest absolute Gasteiger partial charge is 0.177 e. The fourth-order valence-corrected chi connectivity index (χ4v) is 3.70. The standard InChI is InChI=1S/C15H9BrN2OS/c16-15-10(6-7-19-15)14-12(9-4-2-1-3-5-9)13(18)11(8-17)20-14/h1-7H,18H2. The average Bonchev–Trinajstić information content (AvgIpc) is 3.03. The number of halogens is 1. The van der Waals surface area contributed by atoms with Crippen molar-refractivity contribution < 1.29 is 4.42 Å². The first-order chi connectivity index (χ1) is 9.72. The number of nitriles is 1. The van der Waals surface area contributed by atoms with Gasteiger partial charge in [-0.1, -0.05) is 30.3 Å². The maximum atomic E-state index is 9.22. The van der Waals surface area contributed by atoms with Gasteiger partial charge in [-0.25, -0.2) is 0 Å². The lowest BCUT2D eigenvalue weighted by Crippen LogP contribution is -1.89. The van der Waals surface area contributed by atoms with Crippen molar-refractivity contribution in [3.8, 4) is 27.6 Å². The van der Waals surface area contributed by atoms with E-state index in [9.17, 15) is 5.26 Å². The summed E-state index contributed by atoms with van der Waals surface area (Å²) in [4.78, 5) is 1.46. The summed E-state index contributed by atoms with van der Waals surface area (Å²) in [6.07, 6.45) is 1.61. The highest BCUT2D eigenvalue weighted by molar-refractivity contribution is 9.10. The number of thiophene rings is 1. The van der Waals surface area contributed by atoms with Crippen molar-refractivity contribution in [3.05, 3.63) is 52.2 Å². The summed E-state index contributed by atoms with van der Waals surface area (Å²) in [6.45, 7) is 0. The van der Waals surface area contributed by atoms with Gasteiger partial charge in [-0.15, -0.1) is 11.3 Å². The Morgan fingerprint density at radius 2 is 1.95 bits per heavy atom. The fraction of sp³-hybridized carbons (Fsp3) is 0. The molecule has 0 aliphatic rings. The average molecular weight is 345 g/mol. The Morgan fingerprint density at radius 3 is 2.55 bits per heavy atom. The largest absolute Gasteiger partial charge is 0.457 e. The zero-order chi connectivity index (χ0) is 14.1. The lowest BCUT2D eigenvalue weighted by Gasteiger charge is -2.04. The molecular formula is C15H9BrN2OS. The molecule has 3 aromatic rings. The molecular weight excluding hydrogens is 336 g/mol. The predicted octanol–water partition coefficient (Wildman–Crippen LogP) is 4.89. The molecule has 3 rings (SSSR count). The van der Waals surface area contributed by atoms with Crippen LogP contribution in [0.1, 0.15) is 4.88 Å². The van der Waals surface area contributed by atoms with Gasteiger partial charge in [-0.3, -0.25) is 0 Å². The van der Waals surface area contributed by atoms with Gasteiger partial charge in [0.15, 0.2) is 4.67 Å². The molecule has 0 spiro atoms. The van der Waals surface area contributed by atoms with E-state index in [1.165, 1.54) is 11.3 Å². The van der Waals surface area contributed by atoms with E-state index in [0.717, 1.165) is 21.6 Å². The van der Waals surface area contributed by atoms with Crippen molar-refractivity contribution in [2.24, 2.45) is 0 Å². The number of benzene rings is 1. The van der Waals surface area contributed by atoms with E-state index in [4.69, 9.17) is 10.2 Å². The van der Waals surface area contributed by atoms with Crippen LogP contribution in [0.5, 0.6) is 0 Å². The first-order valence-electron chi connectivity index (χ1n) is 5.83. The van der Waals surface area contributed by atoms with Gasteiger partial charge >= 0.3 is 0 Å². The normalized spacial score (nSPS) is 10.4.